The van der Waals surface area contributed by atoms with E-state index in [0.29, 0.717) is 17.8 Å². The Morgan fingerprint density at radius 3 is 1.61 bits per heavy atom. The van der Waals surface area contributed by atoms with Gasteiger partial charge in [-0.2, -0.15) is 0 Å². The molecule has 1 rings (SSSR count). The molecule has 0 nitrogen and oxygen atoms in total. The van der Waals surface area contributed by atoms with Crippen LogP contribution in [0.15, 0.2) is 12.1 Å². The van der Waals surface area contributed by atoms with Gasteiger partial charge in [0.15, 0.2) is 0 Å². The van der Waals surface area contributed by atoms with E-state index in [4.69, 9.17) is 22.5 Å². The Morgan fingerprint density at radius 1 is 0.778 bits per heavy atom. The maximum atomic E-state index is 6.19. The van der Waals surface area contributed by atoms with E-state index in [0.717, 1.165) is 5.30 Å². The number of hydrogen-bond acceptors (Lipinski definition) is 0. The molecule has 0 bridgehead atoms. The maximum Gasteiger partial charge on any atom is 0.117 e. The zero-order chi connectivity index (χ0) is 14.0. The SMILES string of the molecule is CC(C)c1ccc(P(Cl)Cl)c(C(C)C)c1C(C)C. The molecule has 0 radical (unpaired) electrons. The largest absolute Gasteiger partial charge is 0.117 e. The van der Waals surface area contributed by atoms with Gasteiger partial charge in [-0.3, -0.25) is 0 Å². The lowest BCUT2D eigenvalue weighted by atomic mass is 9.83. The Kier molecular flexibility index (Phi) is 5.97. The van der Waals surface area contributed by atoms with Crippen molar-refractivity contribution in [3.05, 3.63) is 28.8 Å². The van der Waals surface area contributed by atoms with E-state index in [9.17, 15) is 0 Å². The van der Waals surface area contributed by atoms with Crippen molar-refractivity contribution in [1.29, 1.82) is 0 Å². The molecule has 1 aromatic rings. The summed E-state index contributed by atoms with van der Waals surface area (Å²) in [5, 5.41) is 1.14. The van der Waals surface area contributed by atoms with Crippen LogP contribution in [-0.2, 0) is 0 Å². The predicted octanol–water partition coefficient (Wildman–Crippen LogP) is 6.47. The zero-order valence-corrected chi connectivity index (χ0v) is 14.5. The highest BCUT2D eigenvalue weighted by Crippen LogP contribution is 2.49. The predicted molar refractivity (Wildman–Crippen MR) is 87.0 cm³/mol. The van der Waals surface area contributed by atoms with Gasteiger partial charge in [0.2, 0.25) is 0 Å². The van der Waals surface area contributed by atoms with Crippen molar-refractivity contribution in [2.75, 3.05) is 0 Å². The van der Waals surface area contributed by atoms with Crippen LogP contribution in [0.2, 0.25) is 0 Å². The lowest BCUT2D eigenvalue weighted by Gasteiger charge is -2.25. The molecule has 0 aliphatic rings. The number of rotatable bonds is 4. The summed E-state index contributed by atoms with van der Waals surface area (Å²) in [6, 6.07) is 4.34. The molecule has 0 spiro atoms. The van der Waals surface area contributed by atoms with Crippen LogP contribution in [0.25, 0.3) is 0 Å². The minimum absolute atomic E-state index is 0.457. The van der Waals surface area contributed by atoms with Crippen molar-refractivity contribution >= 4 is 34.4 Å². The van der Waals surface area contributed by atoms with Crippen molar-refractivity contribution in [3.8, 4) is 0 Å². The summed E-state index contributed by atoms with van der Waals surface area (Å²) in [5.41, 5.74) is 4.25. The van der Waals surface area contributed by atoms with Gasteiger partial charge >= 0.3 is 0 Å². The van der Waals surface area contributed by atoms with E-state index < -0.39 is 6.63 Å². The van der Waals surface area contributed by atoms with Crippen LogP contribution >= 0.6 is 29.1 Å². The Morgan fingerprint density at radius 2 is 1.28 bits per heavy atom. The molecule has 0 saturated heterocycles. The minimum atomic E-state index is -1.08. The molecule has 0 fully saturated rings. The van der Waals surface area contributed by atoms with E-state index in [-0.39, 0.29) is 0 Å². The molecule has 0 N–H and O–H groups in total. The smallest absolute Gasteiger partial charge is 0.0727 e. The van der Waals surface area contributed by atoms with Gasteiger partial charge in [0.25, 0.3) is 0 Å². The Labute approximate surface area is 122 Å². The molecule has 102 valence electrons. The molecular weight excluding hydrogens is 282 g/mol. The molecule has 0 aliphatic heterocycles. The van der Waals surface area contributed by atoms with Crippen molar-refractivity contribution in [1.82, 2.24) is 0 Å². The van der Waals surface area contributed by atoms with Gasteiger partial charge in [-0.25, -0.2) is 0 Å². The van der Waals surface area contributed by atoms with Crippen LogP contribution < -0.4 is 5.30 Å². The highest BCUT2D eigenvalue weighted by molar-refractivity contribution is 8.08. The van der Waals surface area contributed by atoms with Gasteiger partial charge in [0.1, 0.15) is 6.63 Å². The fraction of sp³-hybridized carbons (Fsp3) is 0.600. The van der Waals surface area contributed by atoms with Gasteiger partial charge in [-0.15, -0.1) is 0 Å². The third kappa shape index (κ3) is 3.41. The minimum Gasteiger partial charge on any atom is -0.0727 e. The molecular formula is C15H23Cl2P. The van der Waals surface area contributed by atoms with Gasteiger partial charge in [0, 0.05) is 5.30 Å². The van der Waals surface area contributed by atoms with Crippen LogP contribution in [0.1, 0.15) is 76.0 Å². The molecule has 0 aromatic heterocycles. The first-order valence-electron chi connectivity index (χ1n) is 6.55. The second kappa shape index (κ2) is 6.60. The summed E-state index contributed by atoms with van der Waals surface area (Å²) in [5.74, 6) is 1.49. The first-order valence-corrected chi connectivity index (χ1v) is 9.70. The number of halogens is 2. The van der Waals surface area contributed by atoms with Crippen molar-refractivity contribution in [2.24, 2.45) is 0 Å². The summed E-state index contributed by atoms with van der Waals surface area (Å²) in [6.07, 6.45) is 0. The second-order valence-corrected chi connectivity index (χ2v) is 9.19. The highest BCUT2D eigenvalue weighted by Gasteiger charge is 2.22. The van der Waals surface area contributed by atoms with E-state index >= 15 is 0 Å². The average Bonchev–Trinajstić information content (AvgIpc) is 2.26. The Balaban J connectivity index is 3.60. The fourth-order valence-corrected chi connectivity index (χ4v) is 4.18. The molecule has 0 aliphatic carbocycles. The first-order chi connectivity index (χ1) is 8.27. The summed E-state index contributed by atoms with van der Waals surface area (Å²) >= 11 is 12.4. The number of hydrogen-bond donors (Lipinski definition) is 0. The lowest BCUT2D eigenvalue weighted by molar-refractivity contribution is 0.752. The highest BCUT2D eigenvalue weighted by atomic mass is 35.9. The van der Waals surface area contributed by atoms with Crippen LogP contribution in [0.4, 0.5) is 0 Å². The Hall–Kier alpha value is 0.230. The second-order valence-electron chi connectivity index (χ2n) is 5.70. The first kappa shape index (κ1) is 16.3. The molecule has 0 atom stereocenters. The summed E-state index contributed by atoms with van der Waals surface area (Å²) in [4.78, 5) is 0. The molecule has 0 saturated carbocycles. The summed E-state index contributed by atoms with van der Waals surface area (Å²) in [6.45, 7) is 12.4. The zero-order valence-electron chi connectivity index (χ0n) is 12.1. The Bertz CT molecular complexity index is 370. The van der Waals surface area contributed by atoms with E-state index in [1.165, 1.54) is 16.7 Å². The molecule has 3 heteroatoms. The van der Waals surface area contributed by atoms with E-state index in [1.54, 1.807) is 0 Å². The molecule has 18 heavy (non-hydrogen) atoms. The van der Waals surface area contributed by atoms with Gasteiger partial charge in [-0.1, -0.05) is 76.2 Å². The fourth-order valence-electron chi connectivity index (χ4n) is 2.54. The average molecular weight is 305 g/mol. The quantitative estimate of drug-likeness (QED) is 0.559. The van der Waals surface area contributed by atoms with Gasteiger partial charge in [0.05, 0.1) is 0 Å². The summed E-state index contributed by atoms with van der Waals surface area (Å²) < 4.78 is 0. The van der Waals surface area contributed by atoms with E-state index in [2.05, 4.69) is 53.7 Å². The van der Waals surface area contributed by atoms with Crippen LogP contribution in [-0.4, -0.2) is 0 Å². The maximum absolute atomic E-state index is 6.19. The van der Waals surface area contributed by atoms with Crippen molar-refractivity contribution in [3.63, 3.8) is 0 Å². The number of benzene rings is 1. The van der Waals surface area contributed by atoms with Crippen molar-refractivity contribution in [2.45, 2.75) is 59.3 Å². The van der Waals surface area contributed by atoms with Crippen LogP contribution in [0.3, 0.4) is 0 Å². The molecule has 1 aromatic carbocycles. The summed E-state index contributed by atoms with van der Waals surface area (Å²) in [7, 11) is 0. The molecule has 0 amide bonds. The third-order valence-corrected chi connectivity index (χ3v) is 5.10. The molecule has 0 heterocycles. The monoisotopic (exact) mass is 304 g/mol. The standard InChI is InChI=1S/C15H23Cl2P/c1-9(2)12-7-8-13(18(16)17)15(11(5)6)14(12)10(3)4/h7-11H,1-6H3. The topological polar surface area (TPSA) is 0 Å². The molecule has 0 unspecified atom stereocenters. The van der Waals surface area contributed by atoms with Crippen LogP contribution in [0.5, 0.6) is 0 Å². The van der Waals surface area contributed by atoms with Crippen molar-refractivity contribution < 1.29 is 0 Å². The lowest BCUT2D eigenvalue weighted by Crippen LogP contribution is -2.15. The van der Waals surface area contributed by atoms with Gasteiger partial charge < -0.3 is 0 Å². The van der Waals surface area contributed by atoms with E-state index in [1.807, 2.05) is 0 Å². The third-order valence-electron chi connectivity index (χ3n) is 3.26. The van der Waals surface area contributed by atoms with Crippen LogP contribution in [0, 0.1) is 0 Å². The normalized spacial score (nSPS) is 12.2. The van der Waals surface area contributed by atoms with Gasteiger partial charge in [-0.05, 0) is 34.4 Å².